The Morgan fingerprint density at radius 2 is 1.87 bits per heavy atom. The molecule has 0 aliphatic rings. The van der Waals surface area contributed by atoms with Gasteiger partial charge in [-0.2, -0.15) is 0 Å². The Balaban J connectivity index is 0.00000196. The number of nitrogens with two attached hydrogens (primary N) is 1. The fourth-order valence-corrected chi connectivity index (χ4v) is 1.07. The monoisotopic (exact) mass is 238 g/mol. The van der Waals surface area contributed by atoms with Crippen LogP contribution in [-0.4, -0.2) is 11.3 Å². The fourth-order valence-electron chi connectivity index (χ4n) is 1.07. The second-order valence-corrected chi connectivity index (χ2v) is 2.68. The second-order valence-electron chi connectivity index (χ2n) is 2.68. The average Bonchev–Trinajstić information content (AvgIpc) is 2.16. The maximum Gasteiger partial charge on any atom is 0.274 e. The molecule has 1 atom stereocenters. The van der Waals surface area contributed by atoms with Crippen LogP contribution >= 0.6 is 12.4 Å². The first-order valence-corrected chi connectivity index (χ1v) is 3.81. The van der Waals surface area contributed by atoms with Crippen molar-refractivity contribution in [2.24, 2.45) is 5.73 Å². The van der Waals surface area contributed by atoms with Crippen LogP contribution in [0.2, 0.25) is 0 Å². The lowest BCUT2D eigenvalue weighted by Gasteiger charge is -2.10. The number of hydrogen-bond acceptors (Lipinski definition) is 3. The van der Waals surface area contributed by atoms with E-state index in [1.165, 1.54) is 18.2 Å². The van der Waals surface area contributed by atoms with Crippen molar-refractivity contribution in [2.45, 2.75) is 12.5 Å². The Kier molecular flexibility index (Phi) is 5.10. The topological polar surface area (TPSA) is 69.2 Å². The number of nitro benzene ring substituents is 1. The molecule has 1 aromatic carbocycles. The van der Waals surface area contributed by atoms with Gasteiger partial charge < -0.3 is 5.73 Å². The van der Waals surface area contributed by atoms with E-state index in [9.17, 15) is 18.9 Å². The number of alkyl halides is 2. The quantitative estimate of drug-likeness (QED) is 0.649. The zero-order valence-electron chi connectivity index (χ0n) is 7.47. The summed E-state index contributed by atoms with van der Waals surface area (Å²) >= 11 is 0. The predicted molar refractivity (Wildman–Crippen MR) is 53.3 cm³/mol. The maximum atomic E-state index is 12.2. The summed E-state index contributed by atoms with van der Waals surface area (Å²) in [5, 5.41) is 10.5. The van der Waals surface area contributed by atoms with Crippen molar-refractivity contribution in [3.63, 3.8) is 0 Å². The summed E-state index contributed by atoms with van der Waals surface area (Å²) in [6, 6.07) is 3.60. The van der Waals surface area contributed by atoms with E-state index >= 15 is 0 Å². The highest BCUT2D eigenvalue weighted by molar-refractivity contribution is 5.85. The first-order valence-electron chi connectivity index (χ1n) is 3.81. The van der Waals surface area contributed by atoms with Gasteiger partial charge in [0.2, 0.25) is 0 Å². The molecule has 0 aliphatic heterocycles. The van der Waals surface area contributed by atoms with E-state index < -0.39 is 17.4 Å². The van der Waals surface area contributed by atoms with Crippen LogP contribution in [0.15, 0.2) is 24.3 Å². The molecular weight excluding hydrogens is 230 g/mol. The molecular formula is C8H9ClF2N2O2. The molecule has 0 aliphatic carbocycles. The largest absolute Gasteiger partial charge is 0.319 e. The SMILES string of the molecule is Cl.N[C@@H](c1ccccc1[N+](=O)[O-])C(F)F. The van der Waals surface area contributed by atoms with Gasteiger partial charge in [-0.1, -0.05) is 18.2 Å². The summed E-state index contributed by atoms with van der Waals surface area (Å²) in [5.41, 5.74) is 4.60. The molecule has 0 unspecified atom stereocenters. The molecule has 0 aromatic heterocycles. The molecule has 0 fully saturated rings. The van der Waals surface area contributed by atoms with Gasteiger partial charge in [-0.15, -0.1) is 12.4 Å². The van der Waals surface area contributed by atoms with E-state index in [1.54, 1.807) is 0 Å². The van der Waals surface area contributed by atoms with Crippen molar-refractivity contribution in [3.05, 3.63) is 39.9 Å². The molecule has 1 rings (SSSR count). The highest BCUT2D eigenvalue weighted by atomic mass is 35.5. The molecule has 0 spiro atoms. The Labute approximate surface area is 90.6 Å². The van der Waals surface area contributed by atoms with Crippen LogP contribution in [0.5, 0.6) is 0 Å². The van der Waals surface area contributed by atoms with Gasteiger partial charge in [-0.25, -0.2) is 8.78 Å². The molecule has 7 heteroatoms. The molecule has 84 valence electrons. The lowest BCUT2D eigenvalue weighted by Crippen LogP contribution is -2.20. The van der Waals surface area contributed by atoms with Crippen molar-refractivity contribution in [2.75, 3.05) is 0 Å². The number of hydrogen-bond donors (Lipinski definition) is 1. The van der Waals surface area contributed by atoms with Gasteiger partial charge in [-0.05, 0) is 0 Å². The molecule has 0 heterocycles. The summed E-state index contributed by atoms with van der Waals surface area (Å²) in [5.74, 6) is 0. The molecule has 0 amide bonds. The molecule has 15 heavy (non-hydrogen) atoms. The Hall–Kier alpha value is -1.27. The molecule has 0 saturated carbocycles. The van der Waals surface area contributed by atoms with Gasteiger partial charge in [0, 0.05) is 6.07 Å². The van der Waals surface area contributed by atoms with Crippen molar-refractivity contribution >= 4 is 18.1 Å². The molecule has 1 aromatic rings. The molecule has 0 radical (unpaired) electrons. The van der Waals surface area contributed by atoms with Crippen LogP contribution < -0.4 is 5.73 Å². The molecule has 4 nitrogen and oxygen atoms in total. The van der Waals surface area contributed by atoms with Gasteiger partial charge in [0.15, 0.2) is 0 Å². The average molecular weight is 239 g/mol. The zero-order valence-corrected chi connectivity index (χ0v) is 8.29. The standard InChI is InChI=1S/C8H8F2N2O2.ClH/c9-8(10)7(11)5-3-1-2-4-6(5)12(13)14;/h1-4,7-8H,11H2;1H/t7-;/m0./s1. The highest BCUT2D eigenvalue weighted by Crippen LogP contribution is 2.26. The van der Waals surface area contributed by atoms with Crippen LogP contribution in [0.1, 0.15) is 11.6 Å². The molecule has 2 N–H and O–H groups in total. The first kappa shape index (κ1) is 13.7. The van der Waals surface area contributed by atoms with E-state index in [-0.39, 0.29) is 23.7 Å². The third-order valence-electron chi connectivity index (χ3n) is 1.76. The second kappa shape index (κ2) is 5.57. The number of nitro groups is 1. The van der Waals surface area contributed by atoms with Gasteiger partial charge in [-0.3, -0.25) is 10.1 Å². The van der Waals surface area contributed by atoms with Crippen molar-refractivity contribution in [1.29, 1.82) is 0 Å². The third kappa shape index (κ3) is 3.10. The first-order chi connectivity index (χ1) is 6.54. The Morgan fingerprint density at radius 1 is 1.33 bits per heavy atom. The van der Waals surface area contributed by atoms with E-state index in [0.717, 1.165) is 6.07 Å². The van der Waals surface area contributed by atoms with E-state index in [1.807, 2.05) is 0 Å². The summed E-state index contributed by atoms with van der Waals surface area (Å²) in [6.07, 6.45) is -2.81. The summed E-state index contributed by atoms with van der Waals surface area (Å²) < 4.78 is 24.4. The lowest BCUT2D eigenvalue weighted by atomic mass is 10.1. The van der Waals surface area contributed by atoms with Crippen molar-refractivity contribution in [3.8, 4) is 0 Å². The smallest absolute Gasteiger partial charge is 0.274 e. The van der Waals surface area contributed by atoms with E-state index in [4.69, 9.17) is 5.73 Å². The number of rotatable bonds is 3. The van der Waals surface area contributed by atoms with Gasteiger partial charge in [0.25, 0.3) is 12.1 Å². The van der Waals surface area contributed by atoms with Crippen molar-refractivity contribution in [1.82, 2.24) is 0 Å². The van der Waals surface area contributed by atoms with Gasteiger partial charge in [0.1, 0.15) is 0 Å². The normalized spacial score (nSPS) is 12.0. The minimum Gasteiger partial charge on any atom is -0.319 e. The van der Waals surface area contributed by atoms with E-state index in [2.05, 4.69) is 0 Å². The minimum absolute atomic E-state index is 0. The third-order valence-corrected chi connectivity index (χ3v) is 1.76. The number of nitrogens with zero attached hydrogens (tertiary/aromatic N) is 1. The zero-order chi connectivity index (χ0) is 10.7. The maximum absolute atomic E-state index is 12.2. The van der Waals surface area contributed by atoms with E-state index in [0.29, 0.717) is 0 Å². The van der Waals surface area contributed by atoms with Crippen LogP contribution in [0.3, 0.4) is 0 Å². The Bertz CT molecular complexity index is 349. The van der Waals surface area contributed by atoms with Crippen LogP contribution in [0.4, 0.5) is 14.5 Å². The summed E-state index contributed by atoms with van der Waals surface area (Å²) in [4.78, 5) is 9.73. The van der Waals surface area contributed by atoms with Gasteiger partial charge in [0.05, 0.1) is 16.5 Å². The number of benzene rings is 1. The predicted octanol–water partition coefficient (Wildman–Crippen LogP) is 2.28. The Morgan fingerprint density at radius 3 is 2.33 bits per heavy atom. The molecule has 0 bridgehead atoms. The summed E-state index contributed by atoms with van der Waals surface area (Å²) in [7, 11) is 0. The molecule has 0 saturated heterocycles. The fraction of sp³-hybridized carbons (Fsp3) is 0.250. The van der Waals surface area contributed by atoms with Gasteiger partial charge >= 0.3 is 0 Å². The van der Waals surface area contributed by atoms with Crippen molar-refractivity contribution < 1.29 is 13.7 Å². The number of para-hydroxylation sites is 1. The summed E-state index contributed by atoms with van der Waals surface area (Å²) in [6.45, 7) is 0. The van der Waals surface area contributed by atoms with Crippen LogP contribution in [0.25, 0.3) is 0 Å². The van der Waals surface area contributed by atoms with Crippen LogP contribution in [-0.2, 0) is 0 Å². The highest BCUT2D eigenvalue weighted by Gasteiger charge is 2.25. The lowest BCUT2D eigenvalue weighted by molar-refractivity contribution is -0.385. The minimum atomic E-state index is -2.81. The number of halogens is 3. The van der Waals surface area contributed by atoms with Crippen LogP contribution in [0, 0.1) is 10.1 Å².